The van der Waals surface area contributed by atoms with Crippen molar-refractivity contribution >= 4 is 0 Å². The first-order valence-corrected chi connectivity index (χ1v) is 6.40. The summed E-state index contributed by atoms with van der Waals surface area (Å²) >= 11 is 0. The molecule has 0 radical (unpaired) electrons. The predicted octanol–water partition coefficient (Wildman–Crippen LogP) is 1.62. The third-order valence-electron chi connectivity index (χ3n) is 3.13. The van der Waals surface area contributed by atoms with Gasteiger partial charge in [-0.3, -0.25) is 4.90 Å². The van der Waals surface area contributed by atoms with Gasteiger partial charge in [0.15, 0.2) is 0 Å². The first-order chi connectivity index (χ1) is 7.38. The van der Waals surface area contributed by atoms with Gasteiger partial charge in [-0.1, -0.05) is 19.8 Å². The topological polar surface area (TPSA) is 38.5 Å². The van der Waals surface area contributed by atoms with E-state index in [1.165, 1.54) is 25.7 Å². The van der Waals surface area contributed by atoms with E-state index in [9.17, 15) is 0 Å². The summed E-state index contributed by atoms with van der Waals surface area (Å²) in [6.45, 7) is 6.76. The summed E-state index contributed by atoms with van der Waals surface area (Å²) in [7, 11) is 0. The number of nitrogens with two attached hydrogens (primary N) is 1. The van der Waals surface area contributed by atoms with E-state index < -0.39 is 0 Å². The molecule has 3 heteroatoms. The molecular formula is C12H26N2O. The molecule has 0 spiro atoms. The molecule has 1 aliphatic rings. The molecule has 1 rings (SSSR count). The molecule has 90 valence electrons. The van der Waals surface area contributed by atoms with Crippen LogP contribution in [0.2, 0.25) is 0 Å². The summed E-state index contributed by atoms with van der Waals surface area (Å²) in [6, 6.07) is 0.777. The van der Waals surface area contributed by atoms with Crippen LogP contribution in [0.5, 0.6) is 0 Å². The Balaban J connectivity index is 2.17. The average Bonchev–Trinajstić information content (AvgIpc) is 2.76. The highest BCUT2D eigenvalue weighted by atomic mass is 16.5. The van der Waals surface area contributed by atoms with Crippen LogP contribution in [-0.4, -0.2) is 43.8 Å². The number of nitrogens with zero attached hydrogens (tertiary/aromatic N) is 1. The van der Waals surface area contributed by atoms with Crippen LogP contribution in [0.4, 0.5) is 0 Å². The molecule has 0 heterocycles. The Labute approximate surface area is 94.0 Å². The normalized spacial score (nSPS) is 17.8. The largest absolute Gasteiger partial charge is 0.380 e. The number of rotatable bonds is 8. The van der Waals surface area contributed by atoms with Crippen LogP contribution in [-0.2, 0) is 4.74 Å². The number of ether oxygens (including phenoxy) is 1. The molecule has 3 nitrogen and oxygen atoms in total. The summed E-state index contributed by atoms with van der Waals surface area (Å²) in [5.41, 5.74) is 5.64. The van der Waals surface area contributed by atoms with Crippen LogP contribution in [0.15, 0.2) is 0 Å². The lowest BCUT2D eigenvalue weighted by Crippen LogP contribution is -2.39. The van der Waals surface area contributed by atoms with Crippen LogP contribution < -0.4 is 5.73 Å². The van der Waals surface area contributed by atoms with E-state index in [2.05, 4.69) is 11.8 Å². The van der Waals surface area contributed by atoms with Crippen molar-refractivity contribution < 1.29 is 4.74 Å². The first-order valence-electron chi connectivity index (χ1n) is 6.40. The lowest BCUT2D eigenvalue weighted by molar-refractivity contribution is 0.0890. The van der Waals surface area contributed by atoms with Crippen LogP contribution in [0, 0.1) is 0 Å². The van der Waals surface area contributed by atoms with Crippen LogP contribution >= 0.6 is 0 Å². The van der Waals surface area contributed by atoms with E-state index in [4.69, 9.17) is 10.5 Å². The molecule has 1 saturated carbocycles. The maximum absolute atomic E-state index is 5.64. The Bertz CT molecular complexity index is 147. The lowest BCUT2D eigenvalue weighted by Gasteiger charge is -2.28. The van der Waals surface area contributed by atoms with Gasteiger partial charge in [-0.2, -0.15) is 0 Å². The summed E-state index contributed by atoms with van der Waals surface area (Å²) in [6.07, 6.45) is 6.60. The molecule has 0 atom stereocenters. The average molecular weight is 214 g/mol. The lowest BCUT2D eigenvalue weighted by atomic mass is 10.2. The quantitative estimate of drug-likeness (QED) is 0.624. The van der Waals surface area contributed by atoms with Gasteiger partial charge in [0.2, 0.25) is 0 Å². The molecule has 0 saturated heterocycles. The van der Waals surface area contributed by atoms with E-state index in [0.717, 1.165) is 45.3 Å². The molecule has 0 aromatic carbocycles. The van der Waals surface area contributed by atoms with Gasteiger partial charge in [-0.05, 0) is 19.3 Å². The zero-order chi connectivity index (χ0) is 10.9. The minimum absolute atomic E-state index is 0.768. The SMILES string of the molecule is CCCOCCN(CCN)C1CCCC1. The van der Waals surface area contributed by atoms with Gasteiger partial charge in [-0.15, -0.1) is 0 Å². The van der Waals surface area contributed by atoms with E-state index >= 15 is 0 Å². The molecule has 0 aliphatic heterocycles. The number of hydrogen-bond donors (Lipinski definition) is 1. The standard InChI is InChI=1S/C12H26N2O/c1-2-10-15-11-9-14(8-7-13)12-5-3-4-6-12/h12H,2-11,13H2,1H3. The molecular weight excluding hydrogens is 188 g/mol. The molecule has 0 aromatic heterocycles. The van der Waals surface area contributed by atoms with E-state index in [1.54, 1.807) is 0 Å². The predicted molar refractivity (Wildman–Crippen MR) is 64.0 cm³/mol. The smallest absolute Gasteiger partial charge is 0.0593 e. The highest BCUT2D eigenvalue weighted by Gasteiger charge is 2.21. The van der Waals surface area contributed by atoms with Crippen molar-refractivity contribution in [1.82, 2.24) is 4.90 Å². The molecule has 1 aliphatic carbocycles. The van der Waals surface area contributed by atoms with E-state index in [0.29, 0.717) is 0 Å². The van der Waals surface area contributed by atoms with E-state index in [1.807, 2.05) is 0 Å². The molecule has 15 heavy (non-hydrogen) atoms. The van der Waals surface area contributed by atoms with Crippen molar-refractivity contribution in [2.45, 2.75) is 45.1 Å². The Morgan fingerprint density at radius 3 is 2.53 bits per heavy atom. The van der Waals surface area contributed by atoms with Crippen molar-refractivity contribution in [2.24, 2.45) is 5.73 Å². The van der Waals surface area contributed by atoms with Gasteiger partial charge in [0.1, 0.15) is 0 Å². The first kappa shape index (κ1) is 12.9. The van der Waals surface area contributed by atoms with Gasteiger partial charge in [0, 0.05) is 32.3 Å². The molecule has 0 bridgehead atoms. The van der Waals surface area contributed by atoms with Crippen molar-refractivity contribution in [2.75, 3.05) is 32.8 Å². The third kappa shape index (κ3) is 4.96. The monoisotopic (exact) mass is 214 g/mol. The zero-order valence-corrected chi connectivity index (χ0v) is 10.1. The Morgan fingerprint density at radius 1 is 1.20 bits per heavy atom. The fourth-order valence-electron chi connectivity index (χ4n) is 2.34. The summed E-state index contributed by atoms with van der Waals surface area (Å²) in [4.78, 5) is 2.52. The van der Waals surface area contributed by atoms with Crippen LogP contribution in [0.3, 0.4) is 0 Å². The van der Waals surface area contributed by atoms with Crippen molar-refractivity contribution in [3.63, 3.8) is 0 Å². The minimum Gasteiger partial charge on any atom is -0.380 e. The van der Waals surface area contributed by atoms with Crippen molar-refractivity contribution in [3.05, 3.63) is 0 Å². The maximum Gasteiger partial charge on any atom is 0.0593 e. The van der Waals surface area contributed by atoms with Gasteiger partial charge >= 0.3 is 0 Å². The molecule has 0 amide bonds. The summed E-state index contributed by atoms with van der Waals surface area (Å²) in [5.74, 6) is 0. The second-order valence-electron chi connectivity index (χ2n) is 4.38. The molecule has 2 N–H and O–H groups in total. The van der Waals surface area contributed by atoms with Gasteiger partial charge in [0.25, 0.3) is 0 Å². The second-order valence-corrected chi connectivity index (χ2v) is 4.38. The highest BCUT2D eigenvalue weighted by molar-refractivity contribution is 4.77. The van der Waals surface area contributed by atoms with Gasteiger partial charge in [0.05, 0.1) is 6.61 Å². The minimum atomic E-state index is 0.768. The zero-order valence-electron chi connectivity index (χ0n) is 10.1. The second kappa shape index (κ2) is 8.08. The molecule has 1 fully saturated rings. The molecule has 0 unspecified atom stereocenters. The van der Waals surface area contributed by atoms with Crippen LogP contribution in [0.1, 0.15) is 39.0 Å². The Hall–Kier alpha value is -0.120. The third-order valence-corrected chi connectivity index (χ3v) is 3.13. The highest BCUT2D eigenvalue weighted by Crippen LogP contribution is 2.22. The van der Waals surface area contributed by atoms with Gasteiger partial charge < -0.3 is 10.5 Å². The summed E-state index contributed by atoms with van der Waals surface area (Å²) < 4.78 is 5.54. The number of hydrogen-bond acceptors (Lipinski definition) is 3. The van der Waals surface area contributed by atoms with Gasteiger partial charge in [-0.25, -0.2) is 0 Å². The fourth-order valence-corrected chi connectivity index (χ4v) is 2.34. The van der Waals surface area contributed by atoms with E-state index in [-0.39, 0.29) is 0 Å². The molecule has 0 aromatic rings. The Morgan fingerprint density at radius 2 is 1.93 bits per heavy atom. The fraction of sp³-hybridized carbons (Fsp3) is 1.00. The maximum atomic E-state index is 5.64. The summed E-state index contributed by atoms with van der Waals surface area (Å²) in [5, 5.41) is 0. The van der Waals surface area contributed by atoms with Crippen molar-refractivity contribution in [1.29, 1.82) is 0 Å². The Kier molecular flexibility index (Phi) is 6.98. The van der Waals surface area contributed by atoms with Crippen molar-refractivity contribution in [3.8, 4) is 0 Å². The van der Waals surface area contributed by atoms with Crippen LogP contribution in [0.25, 0.3) is 0 Å².